The minimum atomic E-state index is -0.727. The van der Waals surface area contributed by atoms with Crippen molar-refractivity contribution >= 4 is 17.7 Å². The fourth-order valence-corrected chi connectivity index (χ4v) is 3.19. The van der Waals surface area contributed by atoms with Gasteiger partial charge in [0.25, 0.3) is 0 Å². The Morgan fingerprint density at radius 3 is 2.29 bits per heavy atom. The third-order valence-corrected chi connectivity index (χ3v) is 5.41. The number of nitrogens with one attached hydrogen (secondary N) is 2. The summed E-state index contributed by atoms with van der Waals surface area (Å²) in [5, 5.41) is 5.69. The molecule has 0 aliphatic rings. The van der Waals surface area contributed by atoms with Gasteiger partial charge in [-0.1, -0.05) is 49.4 Å². The molecule has 0 fully saturated rings. The molecule has 0 aliphatic carbocycles. The molecule has 4 N–H and O–H groups in total. The van der Waals surface area contributed by atoms with Crippen LogP contribution in [0.1, 0.15) is 30.9 Å². The predicted molar refractivity (Wildman–Crippen MR) is 132 cm³/mol. The van der Waals surface area contributed by atoms with E-state index in [9.17, 15) is 14.4 Å². The lowest BCUT2D eigenvalue weighted by Gasteiger charge is -2.20. The number of hydrogen-bond acceptors (Lipinski definition) is 5. The second kappa shape index (κ2) is 14.0. The van der Waals surface area contributed by atoms with Gasteiger partial charge in [0.2, 0.25) is 17.7 Å². The lowest BCUT2D eigenvalue weighted by molar-refractivity contribution is -0.129. The summed E-state index contributed by atoms with van der Waals surface area (Å²) >= 11 is 0. The highest BCUT2D eigenvalue weighted by atomic mass is 16.5. The van der Waals surface area contributed by atoms with E-state index in [0.29, 0.717) is 32.5 Å². The highest BCUT2D eigenvalue weighted by Gasteiger charge is 2.22. The second-order valence-electron chi connectivity index (χ2n) is 8.68. The number of carbonyl (C=O) groups is 3. The van der Waals surface area contributed by atoms with Gasteiger partial charge in [0.05, 0.1) is 0 Å². The Kier molecular flexibility index (Phi) is 11.1. The van der Waals surface area contributed by atoms with Crippen LogP contribution in [0.3, 0.4) is 0 Å². The Bertz CT molecular complexity index is 916. The number of amides is 3. The van der Waals surface area contributed by atoms with E-state index < -0.39 is 17.9 Å². The minimum absolute atomic E-state index is 0.123. The predicted octanol–water partition coefficient (Wildman–Crippen LogP) is 1.87. The molecule has 2 aromatic rings. The minimum Gasteiger partial charge on any atom is -0.489 e. The van der Waals surface area contributed by atoms with Crippen molar-refractivity contribution in [1.29, 1.82) is 0 Å². The largest absolute Gasteiger partial charge is 0.489 e. The summed E-state index contributed by atoms with van der Waals surface area (Å²) in [6, 6.07) is 16.7. The monoisotopic (exact) mass is 468 g/mol. The molecular formula is C26H36N4O4. The Balaban J connectivity index is 1.97. The van der Waals surface area contributed by atoms with Crippen molar-refractivity contribution in [3.05, 3.63) is 65.7 Å². The first kappa shape index (κ1) is 26.9. The van der Waals surface area contributed by atoms with Gasteiger partial charge in [-0.2, -0.15) is 0 Å². The molecule has 0 spiro atoms. The Morgan fingerprint density at radius 1 is 1.00 bits per heavy atom. The molecule has 3 amide bonds. The molecule has 2 unspecified atom stereocenters. The van der Waals surface area contributed by atoms with Crippen LogP contribution in [0.2, 0.25) is 0 Å². The first-order valence-electron chi connectivity index (χ1n) is 11.5. The third-order valence-electron chi connectivity index (χ3n) is 5.41. The lowest BCUT2D eigenvalue weighted by atomic mass is 10.0. The summed E-state index contributed by atoms with van der Waals surface area (Å²) < 4.78 is 5.82. The smallest absolute Gasteiger partial charge is 0.242 e. The molecule has 0 heterocycles. The quantitative estimate of drug-likeness (QED) is 0.392. The second-order valence-corrected chi connectivity index (χ2v) is 8.68. The van der Waals surface area contributed by atoms with Crippen LogP contribution in [-0.4, -0.2) is 55.8 Å². The molecule has 34 heavy (non-hydrogen) atoms. The van der Waals surface area contributed by atoms with E-state index in [2.05, 4.69) is 10.6 Å². The highest BCUT2D eigenvalue weighted by Crippen LogP contribution is 2.16. The molecule has 0 bridgehead atoms. The molecule has 0 aliphatic heterocycles. The topological polar surface area (TPSA) is 114 Å². The summed E-state index contributed by atoms with van der Waals surface area (Å²) in [5.41, 5.74) is 7.24. The first-order chi connectivity index (χ1) is 16.2. The number of nitrogens with two attached hydrogens (primary N) is 1. The van der Waals surface area contributed by atoms with Gasteiger partial charge < -0.3 is 26.0 Å². The fraction of sp³-hybridized carbons (Fsp3) is 0.423. The molecule has 2 rings (SSSR count). The zero-order chi connectivity index (χ0) is 24.9. The molecule has 0 saturated carbocycles. The van der Waals surface area contributed by atoms with Gasteiger partial charge in [-0.25, -0.2) is 0 Å². The van der Waals surface area contributed by atoms with Crippen LogP contribution >= 0.6 is 0 Å². The van der Waals surface area contributed by atoms with Gasteiger partial charge in [0, 0.05) is 31.8 Å². The van der Waals surface area contributed by atoms with Gasteiger partial charge in [-0.05, 0) is 43.8 Å². The average Bonchev–Trinajstić information content (AvgIpc) is 2.82. The summed E-state index contributed by atoms with van der Waals surface area (Å²) in [6.07, 6.45) is 0.797. The van der Waals surface area contributed by atoms with Crippen molar-refractivity contribution < 1.29 is 19.1 Å². The van der Waals surface area contributed by atoms with Crippen LogP contribution in [-0.2, 0) is 27.4 Å². The Morgan fingerprint density at radius 2 is 1.68 bits per heavy atom. The molecule has 0 saturated heterocycles. The molecular weight excluding hydrogens is 432 g/mol. The van der Waals surface area contributed by atoms with Crippen molar-refractivity contribution in [2.75, 3.05) is 27.2 Å². The van der Waals surface area contributed by atoms with Crippen LogP contribution in [0.25, 0.3) is 0 Å². The average molecular weight is 469 g/mol. The summed E-state index contributed by atoms with van der Waals surface area (Å²) in [4.78, 5) is 38.4. The van der Waals surface area contributed by atoms with E-state index in [1.54, 1.807) is 6.92 Å². The van der Waals surface area contributed by atoms with Crippen molar-refractivity contribution in [2.24, 2.45) is 11.7 Å². The van der Waals surface area contributed by atoms with Crippen molar-refractivity contribution in [2.45, 2.75) is 38.8 Å². The number of rotatable bonds is 14. The maximum Gasteiger partial charge on any atom is 0.242 e. The number of nitrogens with zero attached hydrogens (tertiary/aromatic N) is 1. The maximum absolute atomic E-state index is 12.8. The number of carbonyl (C=O) groups excluding carboxylic acids is 3. The highest BCUT2D eigenvalue weighted by molar-refractivity contribution is 5.88. The zero-order valence-corrected chi connectivity index (χ0v) is 20.3. The summed E-state index contributed by atoms with van der Waals surface area (Å²) in [6.45, 7) is 3.32. The van der Waals surface area contributed by atoms with Crippen molar-refractivity contribution in [3.63, 3.8) is 0 Å². The molecule has 0 aromatic heterocycles. The molecule has 2 aromatic carbocycles. The van der Waals surface area contributed by atoms with Crippen LogP contribution in [0, 0.1) is 5.92 Å². The standard InChI is InChI=1S/C26H36N4O4/c1-19(25(27)32)9-14-24(31)29-23(26(33)28-15-16-30(2)3)17-20-10-12-22(13-11-20)34-18-21-7-5-4-6-8-21/h4-8,10-13,19,23H,9,14-18H2,1-3H3,(H2,27,32)(H,28,33)(H,29,31). The third kappa shape index (κ3) is 10.0. The Hall–Kier alpha value is -3.39. The number of benzene rings is 2. The van der Waals surface area contributed by atoms with E-state index in [0.717, 1.165) is 16.9 Å². The maximum atomic E-state index is 12.8. The molecule has 0 radical (unpaired) electrons. The van der Waals surface area contributed by atoms with Crippen LogP contribution in [0.5, 0.6) is 5.75 Å². The molecule has 184 valence electrons. The fourth-order valence-electron chi connectivity index (χ4n) is 3.19. The van der Waals surface area contributed by atoms with Gasteiger partial charge >= 0.3 is 0 Å². The SMILES string of the molecule is CC(CCC(=O)NC(Cc1ccc(OCc2ccccc2)cc1)C(=O)NCCN(C)C)C(N)=O. The van der Waals surface area contributed by atoms with E-state index in [4.69, 9.17) is 10.5 Å². The number of ether oxygens (including phenoxy) is 1. The van der Waals surface area contributed by atoms with E-state index >= 15 is 0 Å². The van der Waals surface area contributed by atoms with E-state index in [1.165, 1.54) is 0 Å². The van der Waals surface area contributed by atoms with E-state index in [-0.39, 0.29) is 18.2 Å². The van der Waals surface area contributed by atoms with Crippen LogP contribution in [0.15, 0.2) is 54.6 Å². The van der Waals surface area contributed by atoms with Gasteiger partial charge in [-0.3, -0.25) is 14.4 Å². The van der Waals surface area contributed by atoms with Crippen LogP contribution in [0.4, 0.5) is 0 Å². The lowest BCUT2D eigenvalue weighted by Crippen LogP contribution is -2.49. The number of primary amides is 1. The van der Waals surface area contributed by atoms with Crippen LogP contribution < -0.4 is 21.1 Å². The van der Waals surface area contributed by atoms with Gasteiger partial charge in [-0.15, -0.1) is 0 Å². The molecule has 8 heteroatoms. The van der Waals surface area contributed by atoms with E-state index in [1.807, 2.05) is 73.6 Å². The number of hydrogen-bond donors (Lipinski definition) is 3. The first-order valence-corrected chi connectivity index (χ1v) is 11.5. The Labute approximate surface area is 201 Å². The van der Waals surface area contributed by atoms with Crippen molar-refractivity contribution in [1.82, 2.24) is 15.5 Å². The summed E-state index contributed by atoms with van der Waals surface area (Å²) in [7, 11) is 3.85. The number of likely N-dealkylation sites (N-methyl/N-ethyl adjacent to an activating group) is 1. The van der Waals surface area contributed by atoms with Crippen molar-refractivity contribution in [3.8, 4) is 5.75 Å². The molecule has 8 nitrogen and oxygen atoms in total. The zero-order valence-electron chi connectivity index (χ0n) is 20.3. The molecule has 2 atom stereocenters. The van der Waals surface area contributed by atoms with Gasteiger partial charge in [0.1, 0.15) is 18.4 Å². The van der Waals surface area contributed by atoms with Gasteiger partial charge in [0.15, 0.2) is 0 Å². The summed E-state index contributed by atoms with van der Waals surface area (Å²) in [5.74, 6) is -0.655. The normalized spacial score (nSPS) is 12.6.